The summed E-state index contributed by atoms with van der Waals surface area (Å²) in [4.78, 5) is 54.7. The Bertz CT molecular complexity index is 961. The van der Waals surface area contributed by atoms with Gasteiger partial charge in [0.15, 0.2) is 6.10 Å². The number of hydrogen-bond donors (Lipinski definition) is 3. The lowest BCUT2D eigenvalue weighted by Gasteiger charge is -2.21. The van der Waals surface area contributed by atoms with Gasteiger partial charge < -0.3 is 15.0 Å². The van der Waals surface area contributed by atoms with Gasteiger partial charge in [-0.3, -0.25) is 19.7 Å². The highest BCUT2D eigenvalue weighted by Crippen LogP contribution is 2.08. The molecule has 1 aromatic carbocycles. The van der Waals surface area contributed by atoms with E-state index >= 15 is 0 Å². The summed E-state index contributed by atoms with van der Waals surface area (Å²) < 4.78 is 5.05. The lowest BCUT2D eigenvalue weighted by Crippen LogP contribution is -2.50. The highest BCUT2D eigenvalue weighted by atomic mass is 16.5. The number of aromatic nitrogens is 2. The Kier molecular flexibility index (Phi) is 7.08. The maximum atomic E-state index is 12.0. The Morgan fingerprint density at radius 3 is 2.59 bits per heavy atom. The van der Waals surface area contributed by atoms with Crippen LogP contribution < -0.4 is 16.2 Å². The van der Waals surface area contributed by atoms with Crippen LogP contribution in [0, 0.1) is 0 Å². The Hall–Kier alpha value is -3.23. The van der Waals surface area contributed by atoms with E-state index in [0.29, 0.717) is 29.6 Å². The van der Waals surface area contributed by atoms with E-state index in [1.165, 1.54) is 6.92 Å². The second-order valence-corrected chi connectivity index (χ2v) is 7.71. The van der Waals surface area contributed by atoms with E-state index in [1.807, 2.05) is 0 Å². The van der Waals surface area contributed by atoms with Crippen molar-refractivity contribution in [2.75, 3.05) is 0 Å². The van der Waals surface area contributed by atoms with Crippen LogP contribution in [0.4, 0.5) is 4.79 Å². The first-order chi connectivity index (χ1) is 13.5. The molecule has 3 amide bonds. The third-order valence-corrected chi connectivity index (χ3v) is 3.86. The summed E-state index contributed by atoms with van der Waals surface area (Å²) in [5.74, 6) is -0.807. The molecule has 0 saturated carbocycles. The van der Waals surface area contributed by atoms with Gasteiger partial charge in [0.2, 0.25) is 0 Å². The van der Waals surface area contributed by atoms with Crippen LogP contribution in [0.1, 0.15) is 46.4 Å². The van der Waals surface area contributed by atoms with Gasteiger partial charge in [-0.1, -0.05) is 12.1 Å². The predicted octanol–water partition coefficient (Wildman–Crippen LogP) is 1.80. The molecule has 0 saturated heterocycles. The first-order valence-corrected chi connectivity index (χ1v) is 9.35. The number of carbonyl (C=O) groups is 3. The summed E-state index contributed by atoms with van der Waals surface area (Å²) in [5.41, 5.74) is -0.137. The zero-order chi connectivity index (χ0) is 21.6. The van der Waals surface area contributed by atoms with E-state index in [0.717, 1.165) is 0 Å². The molecule has 0 aliphatic heterocycles. The number of rotatable bonds is 6. The minimum Gasteiger partial charge on any atom is -0.453 e. The fraction of sp³-hybridized carbons (Fsp3) is 0.450. The van der Waals surface area contributed by atoms with Crippen molar-refractivity contribution in [3.8, 4) is 0 Å². The Balaban J connectivity index is 1.80. The molecule has 0 unspecified atom stereocenters. The lowest BCUT2D eigenvalue weighted by atomic mass is 10.1. The molecule has 0 fully saturated rings. The van der Waals surface area contributed by atoms with Gasteiger partial charge in [0, 0.05) is 18.4 Å². The normalized spacial score (nSPS) is 12.3. The van der Waals surface area contributed by atoms with Gasteiger partial charge in [0.05, 0.1) is 10.9 Å². The number of para-hydroxylation sites is 1. The first-order valence-electron chi connectivity index (χ1n) is 9.35. The van der Waals surface area contributed by atoms with Crippen molar-refractivity contribution < 1.29 is 19.1 Å². The van der Waals surface area contributed by atoms with Crippen LogP contribution in [0.2, 0.25) is 0 Å². The number of carbonyl (C=O) groups excluding carboxylic acids is 3. The highest BCUT2D eigenvalue weighted by Gasteiger charge is 2.22. The van der Waals surface area contributed by atoms with Crippen molar-refractivity contribution in [2.45, 2.75) is 58.6 Å². The fourth-order valence-corrected chi connectivity index (χ4v) is 2.55. The molecule has 9 nitrogen and oxygen atoms in total. The van der Waals surface area contributed by atoms with Gasteiger partial charge in [-0.2, -0.15) is 0 Å². The Morgan fingerprint density at radius 2 is 1.90 bits per heavy atom. The van der Waals surface area contributed by atoms with Crippen molar-refractivity contribution in [1.82, 2.24) is 20.6 Å². The van der Waals surface area contributed by atoms with Gasteiger partial charge in [0.1, 0.15) is 5.82 Å². The molecule has 156 valence electrons. The molecular formula is C20H26N4O5. The first kappa shape index (κ1) is 22.1. The second kappa shape index (κ2) is 9.31. The molecule has 0 spiro atoms. The zero-order valence-corrected chi connectivity index (χ0v) is 17.0. The molecule has 0 aliphatic rings. The van der Waals surface area contributed by atoms with Gasteiger partial charge >= 0.3 is 12.0 Å². The number of nitrogens with one attached hydrogen (secondary N) is 3. The van der Waals surface area contributed by atoms with Crippen molar-refractivity contribution in [1.29, 1.82) is 0 Å². The largest absolute Gasteiger partial charge is 0.453 e. The smallest absolute Gasteiger partial charge is 0.321 e. The maximum Gasteiger partial charge on any atom is 0.321 e. The number of fused-ring (bicyclic) bond motifs is 1. The summed E-state index contributed by atoms with van der Waals surface area (Å²) in [6, 6.07) is 6.34. The van der Waals surface area contributed by atoms with E-state index in [4.69, 9.17) is 4.74 Å². The topological polar surface area (TPSA) is 130 Å². The minimum atomic E-state index is -1.10. The summed E-state index contributed by atoms with van der Waals surface area (Å²) in [6.45, 7) is 6.72. The molecular weight excluding hydrogens is 376 g/mol. The number of aromatic amines is 1. The molecule has 3 N–H and O–H groups in total. The number of ether oxygens (including phenoxy) is 1. The molecule has 1 atom stereocenters. The average molecular weight is 402 g/mol. The molecule has 2 rings (SSSR count). The quantitative estimate of drug-likeness (QED) is 0.632. The second-order valence-electron chi connectivity index (χ2n) is 7.71. The number of amides is 3. The van der Waals surface area contributed by atoms with Gasteiger partial charge in [-0.15, -0.1) is 0 Å². The van der Waals surface area contributed by atoms with E-state index in [9.17, 15) is 19.2 Å². The molecule has 0 aliphatic carbocycles. The number of hydrogen-bond acceptors (Lipinski definition) is 6. The summed E-state index contributed by atoms with van der Waals surface area (Å²) >= 11 is 0. The fourth-order valence-electron chi connectivity index (χ4n) is 2.55. The van der Waals surface area contributed by atoms with Crippen LogP contribution in [-0.2, 0) is 20.7 Å². The molecule has 1 heterocycles. The van der Waals surface area contributed by atoms with Crippen molar-refractivity contribution in [3.05, 3.63) is 40.4 Å². The predicted molar refractivity (Wildman–Crippen MR) is 107 cm³/mol. The minimum absolute atomic E-state index is 0.0440. The van der Waals surface area contributed by atoms with Crippen LogP contribution >= 0.6 is 0 Å². The number of benzene rings is 1. The number of esters is 1. The van der Waals surface area contributed by atoms with Crippen molar-refractivity contribution >= 4 is 28.8 Å². The number of H-pyrrole nitrogens is 1. The Labute approximate surface area is 168 Å². The number of nitrogens with zero attached hydrogens (tertiary/aromatic N) is 1. The summed E-state index contributed by atoms with van der Waals surface area (Å²) in [5, 5.41) is 5.22. The van der Waals surface area contributed by atoms with Crippen LogP contribution in [0.15, 0.2) is 29.1 Å². The zero-order valence-electron chi connectivity index (χ0n) is 17.0. The summed E-state index contributed by atoms with van der Waals surface area (Å²) in [7, 11) is 0. The van der Waals surface area contributed by atoms with Crippen LogP contribution in [-0.4, -0.2) is 39.5 Å². The third kappa shape index (κ3) is 7.02. The molecule has 0 bridgehead atoms. The van der Waals surface area contributed by atoms with Gasteiger partial charge in [-0.05, 0) is 46.2 Å². The number of aryl methyl sites for hydroxylation is 1. The monoisotopic (exact) mass is 402 g/mol. The van der Waals surface area contributed by atoms with Crippen molar-refractivity contribution in [2.24, 2.45) is 0 Å². The van der Waals surface area contributed by atoms with Crippen molar-refractivity contribution in [3.63, 3.8) is 0 Å². The molecule has 0 radical (unpaired) electrons. The molecule has 9 heteroatoms. The number of urea groups is 1. The van der Waals surface area contributed by atoms with Crippen LogP contribution in [0.25, 0.3) is 10.9 Å². The SMILES string of the molecule is C[C@H](OC(=O)CCCc1nc2ccccc2c(=O)[nH]1)C(=O)NC(=O)NC(C)(C)C. The van der Waals surface area contributed by atoms with Crippen LogP contribution in [0.5, 0.6) is 0 Å². The maximum absolute atomic E-state index is 12.0. The van der Waals surface area contributed by atoms with E-state index < -0.39 is 29.6 Å². The molecule has 1 aromatic heterocycles. The molecule has 29 heavy (non-hydrogen) atoms. The Morgan fingerprint density at radius 1 is 1.21 bits per heavy atom. The standard InChI is InChI=1S/C20H26N4O5/c1-12(17(26)23-19(28)24-20(2,3)4)29-16(25)11-7-10-15-21-14-9-6-5-8-13(14)18(27)22-15/h5-6,8-9,12H,7,10-11H2,1-4H3,(H,21,22,27)(H2,23,24,26,28)/t12-/m0/s1. The summed E-state index contributed by atoms with van der Waals surface area (Å²) in [6.07, 6.45) is -0.294. The lowest BCUT2D eigenvalue weighted by molar-refractivity contribution is -0.154. The average Bonchev–Trinajstić information content (AvgIpc) is 2.60. The van der Waals surface area contributed by atoms with Crippen LogP contribution in [0.3, 0.4) is 0 Å². The highest BCUT2D eigenvalue weighted by molar-refractivity contribution is 5.97. The number of imide groups is 1. The van der Waals surface area contributed by atoms with E-state index in [2.05, 4.69) is 20.6 Å². The van der Waals surface area contributed by atoms with E-state index in [-0.39, 0.29) is 12.0 Å². The molecule has 2 aromatic rings. The van der Waals surface area contributed by atoms with E-state index in [1.54, 1.807) is 45.0 Å². The third-order valence-electron chi connectivity index (χ3n) is 3.86. The van der Waals surface area contributed by atoms with Gasteiger partial charge in [0.25, 0.3) is 11.5 Å². The van der Waals surface area contributed by atoms with Gasteiger partial charge in [-0.25, -0.2) is 9.78 Å².